The summed E-state index contributed by atoms with van der Waals surface area (Å²) in [7, 11) is 0. The molecule has 0 aliphatic heterocycles. The average Bonchev–Trinajstić information content (AvgIpc) is 3.27. The van der Waals surface area contributed by atoms with Gasteiger partial charge in [0.2, 0.25) is 5.91 Å². The summed E-state index contributed by atoms with van der Waals surface area (Å²) in [5.74, 6) is 1.69. The van der Waals surface area contributed by atoms with E-state index >= 15 is 0 Å². The molecule has 2 aromatic heterocycles. The fourth-order valence-electron chi connectivity index (χ4n) is 3.04. The molecule has 2 aromatic carbocycles. The van der Waals surface area contributed by atoms with Gasteiger partial charge in [0.1, 0.15) is 29.5 Å². The van der Waals surface area contributed by atoms with E-state index in [2.05, 4.69) is 20.4 Å². The largest absolute Gasteiger partial charge is 0.494 e. The summed E-state index contributed by atoms with van der Waals surface area (Å²) in [6, 6.07) is 17.2. The number of hydrogen-bond donors (Lipinski definition) is 1. The van der Waals surface area contributed by atoms with Crippen LogP contribution in [-0.2, 0) is 4.79 Å². The van der Waals surface area contributed by atoms with Crippen molar-refractivity contribution in [1.82, 2.24) is 25.1 Å². The highest BCUT2D eigenvalue weighted by molar-refractivity contribution is 8.00. The predicted octanol–water partition coefficient (Wildman–Crippen LogP) is 3.50. The molecule has 0 aliphatic carbocycles. The number of nitrogens with one attached hydrogen (secondary N) is 1. The molecule has 164 valence electrons. The summed E-state index contributed by atoms with van der Waals surface area (Å²) >= 11 is 1.36. The lowest BCUT2D eigenvalue weighted by molar-refractivity contribution is -0.118. The smallest absolute Gasteiger partial charge is 0.230 e. The van der Waals surface area contributed by atoms with Crippen LogP contribution < -0.4 is 14.8 Å². The lowest BCUT2D eigenvalue weighted by Gasteiger charge is -2.09. The van der Waals surface area contributed by atoms with Crippen molar-refractivity contribution in [3.63, 3.8) is 0 Å². The number of carbonyl (C=O) groups excluding carboxylic acids is 1. The topological polar surface area (TPSA) is 91.2 Å². The summed E-state index contributed by atoms with van der Waals surface area (Å²) in [6.45, 7) is 3.36. The Balaban J connectivity index is 1.26. The van der Waals surface area contributed by atoms with Gasteiger partial charge in [-0.3, -0.25) is 4.79 Å². The first kappa shape index (κ1) is 21.6. The third kappa shape index (κ3) is 5.36. The minimum atomic E-state index is -0.0903. The van der Waals surface area contributed by atoms with Crippen molar-refractivity contribution in [3.05, 3.63) is 67.1 Å². The van der Waals surface area contributed by atoms with E-state index in [1.54, 1.807) is 10.9 Å². The Bertz CT molecular complexity index is 1170. The van der Waals surface area contributed by atoms with Gasteiger partial charge in [0.15, 0.2) is 5.65 Å². The Morgan fingerprint density at radius 1 is 1.03 bits per heavy atom. The molecule has 0 atom stereocenters. The molecule has 0 saturated heterocycles. The second-order valence-electron chi connectivity index (χ2n) is 6.70. The number of aromatic nitrogens is 4. The first-order valence-electron chi connectivity index (χ1n) is 10.2. The second-order valence-corrected chi connectivity index (χ2v) is 7.66. The summed E-state index contributed by atoms with van der Waals surface area (Å²) < 4.78 is 12.8. The number of rotatable bonds is 10. The fourth-order valence-corrected chi connectivity index (χ4v) is 3.83. The number of amides is 1. The van der Waals surface area contributed by atoms with Gasteiger partial charge in [-0.1, -0.05) is 30.0 Å². The molecule has 0 unspecified atom stereocenters. The molecule has 1 amide bonds. The molecule has 2 heterocycles. The minimum Gasteiger partial charge on any atom is -0.494 e. The maximum absolute atomic E-state index is 12.2. The van der Waals surface area contributed by atoms with Crippen molar-refractivity contribution >= 4 is 28.7 Å². The van der Waals surface area contributed by atoms with Crippen LogP contribution in [0.1, 0.15) is 6.92 Å². The summed E-state index contributed by atoms with van der Waals surface area (Å²) in [4.78, 5) is 20.9. The highest BCUT2D eigenvalue weighted by Gasteiger charge is 2.13. The van der Waals surface area contributed by atoms with E-state index in [1.165, 1.54) is 18.1 Å². The number of fused-ring (bicyclic) bond motifs is 1. The summed E-state index contributed by atoms with van der Waals surface area (Å²) in [6.07, 6.45) is 3.22. The number of thioether (sulfide) groups is 1. The number of para-hydroxylation sites is 1. The molecule has 4 aromatic rings. The van der Waals surface area contributed by atoms with E-state index in [1.807, 2.05) is 61.5 Å². The number of benzene rings is 2. The van der Waals surface area contributed by atoms with Gasteiger partial charge < -0.3 is 14.8 Å². The van der Waals surface area contributed by atoms with E-state index in [0.717, 1.165) is 27.6 Å². The van der Waals surface area contributed by atoms with Crippen LogP contribution in [0, 0.1) is 0 Å². The predicted molar refractivity (Wildman–Crippen MR) is 123 cm³/mol. The van der Waals surface area contributed by atoms with Crippen molar-refractivity contribution in [2.24, 2.45) is 0 Å². The van der Waals surface area contributed by atoms with E-state index < -0.39 is 0 Å². The van der Waals surface area contributed by atoms with Gasteiger partial charge in [-0.15, -0.1) is 0 Å². The van der Waals surface area contributed by atoms with Gasteiger partial charge >= 0.3 is 0 Å². The Kier molecular flexibility index (Phi) is 7.19. The Hall–Kier alpha value is -3.59. The standard InChI is InChI=1S/C23H23N5O3S/c1-2-30-18-8-10-19(11-9-18)31-13-12-24-21(29)15-32-23-20-14-27-28(22(20)25-16-26-23)17-6-4-3-5-7-17/h3-11,14,16H,2,12-13,15H2,1H3,(H,24,29). The molecule has 1 N–H and O–H groups in total. The number of nitrogens with zero attached hydrogens (tertiary/aromatic N) is 4. The number of carbonyl (C=O) groups is 1. The first-order valence-corrected chi connectivity index (χ1v) is 11.2. The molecule has 0 fully saturated rings. The highest BCUT2D eigenvalue weighted by Crippen LogP contribution is 2.25. The van der Waals surface area contributed by atoms with Gasteiger partial charge in [-0.2, -0.15) is 5.10 Å². The van der Waals surface area contributed by atoms with E-state index in [-0.39, 0.29) is 11.7 Å². The van der Waals surface area contributed by atoms with Crippen LogP contribution in [0.4, 0.5) is 0 Å². The number of hydrogen-bond acceptors (Lipinski definition) is 7. The van der Waals surface area contributed by atoms with Crippen LogP contribution in [0.15, 0.2) is 72.1 Å². The van der Waals surface area contributed by atoms with Crippen LogP contribution >= 0.6 is 11.8 Å². The zero-order valence-electron chi connectivity index (χ0n) is 17.6. The zero-order chi connectivity index (χ0) is 22.2. The Labute approximate surface area is 190 Å². The molecule has 0 bridgehead atoms. The molecule has 4 rings (SSSR count). The molecular formula is C23H23N5O3S. The van der Waals surface area contributed by atoms with Crippen molar-refractivity contribution in [2.75, 3.05) is 25.5 Å². The minimum absolute atomic E-state index is 0.0903. The molecule has 0 radical (unpaired) electrons. The molecular weight excluding hydrogens is 426 g/mol. The number of ether oxygens (including phenoxy) is 2. The lowest BCUT2D eigenvalue weighted by atomic mass is 10.3. The molecule has 0 spiro atoms. The van der Waals surface area contributed by atoms with E-state index in [9.17, 15) is 4.79 Å². The van der Waals surface area contributed by atoms with E-state index in [0.29, 0.717) is 25.4 Å². The Morgan fingerprint density at radius 3 is 2.53 bits per heavy atom. The van der Waals surface area contributed by atoms with Gasteiger partial charge in [0.25, 0.3) is 0 Å². The maximum Gasteiger partial charge on any atom is 0.230 e. The van der Waals surface area contributed by atoms with Crippen molar-refractivity contribution in [2.45, 2.75) is 11.9 Å². The molecule has 9 heteroatoms. The van der Waals surface area contributed by atoms with Gasteiger partial charge in [-0.05, 0) is 43.3 Å². The molecule has 0 aliphatic rings. The molecule has 8 nitrogen and oxygen atoms in total. The van der Waals surface area contributed by atoms with Gasteiger partial charge in [0.05, 0.1) is 36.2 Å². The van der Waals surface area contributed by atoms with Crippen molar-refractivity contribution in [1.29, 1.82) is 0 Å². The second kappa shape index (κ2) is 10.6. The normalized spacial score (nSPS) is 10.8. The molecule has 0 saturated carbocycles. The molecule has 32 heavy (non-hydrogen) atoms. The third-order valence-electron chi connectivity index (χ3n) is 4.50. The summed E-state index contributed by atoms with van der Waals surface area (Å²) in [5.41, 5.74) is 1.63. The van der Waals surface area contributed by atoms with Crippen LogP contribution in [0.25, 0.3) is 16.7 Å². The van der Waals surface area contributed by atoms with E-state index in [4.69, 9.17) is 9.47 Å². The summed E-state index contributed by atoms with van der Waals surface area (Å²) in [5, 5.41) is 8.83. The SMILES string of the molecule is CCOc1ccc(OCCNC(=O)CSc2ncnc3c2cnn3-c2ccccc2)cc1. The van der Waals surface area contributed by atoms with Crippen molar-refractivity contribution in [3.8, 4) is 17.2 Å². The van der Waals surface area contributed by atoms with Crippen molar-refractivity contribution < 1.29 is 14.3 Å². The Morgan fingerprint density at radius 2 is 1.78 bits per heavy atom. The average molecular weight is 450 g/mol. The highest BCUT2D eigenvalue weighted by atomic mass is 32.2. The van der Waals surface area contributed by atoms with Gasteiger partial charge in [0, 0.05) is 0 Å². The monoisotopic (exact) mass is 449 g/mol. The van der Waals surface area contributed by atoms with Crippen LogP contribution in [0.5, 0.6) is 11.5 Å². The first-order chi connectivity index (χ1) is 15.7. The fraction of sp³-hybridized carbons (Fsp3) is 0.217. The maximum atomic E-state index is 12.2. The van der Waals surface area contributed by atoms with Crippen LogP contribution in [0.2, 0.25) is 0 Å². The van der Waals surface area contributed by atoms with Gasteiger partial charge in [-0.25, -0.2) is 14.6 Å². The zero-order valence-corrected chi connectivity index (χ0v) is 18.4. The third-order valence-corrected chi connectivity index (χ3v) is 5.50. The quantitative estimate of drug-likeness (QED) is 0.225. The van der Waals surface area contributed by atoms with Crippen LogP contribution in [0.3, 0.4) is 0 Å². The lowest BCUT2D eigenvalue weighted by Crippen LogP contribution is -2.29. The van der Waals surface area contributed by atoms with Crippen LogP contribution in [-0.4, -0.2) is 51.2 Å².